The van der Waals surface area contributed by atoms with Crippen molar-refractivity contribution in [2.75, 3.05) is 12.4 Å². The number of aliphatic imine (C=N–C) groups is 1. The maximum absolute atomic E-state index is 8.98. The lowest BCUT2D eigenvalue weighted by Crippen LogP contribution is -2.22. The van der Waals surface area contributed by atoms with Crippen LogP contribution in [0.4, 0.5) is 5.69 Å². The number of aryl methyl sites for hydroxylation is 2. The third-order valence-corrected chi connectivity index (χ3v) is 3.83. The van der Waals surface area contributed by atoms with Gasteiger partial charge in [0.05, 0.1) is 24.2 Å². The lowest BCUT2D eigenvalue weighted by atomic mass is 10.1. The minimum absolute atomic E-state index is 0.478. The van der Waals surface area contributed by atoms with Gasteiger partial charge in [0.25, 0.3) is 0 Å². The number of amidine groups is 1. The number of methoxy groups -OCH3 is 1. The van der Waals surface area contributed by atoms with Crippen LogP contribution in [-0.4, -0.2) is 22.7 Å². The number of benzene rings is 1. The summed E-state index contributed by atoms with van der Waals surface area (Å²) >= 11 is 0. The molecule has 2 heterocycles. The Morgan fingerprint density at radius 1 is 1.33 bits per heavy atom. The van der Waals surface area contributed by atoms with E-state index in [0.29, 0.717) is 12.4 Å². The standard InChI is InChI=1S/C17H18N6O/c1-4-23-16-15(11(2)22-23)21-14(9-19-17(16)20-10-18)12-5-7-13(24-3)8-6-12/h5-9,21H,4H2,1-3H3,(H,19,20). The van der Waals surface area contributed by atoms with Gasteiger partial charge in [-0.2, -0.15) is 15.4 Å². The van der Waals surface area contributed by atoms with Gasteiger partial charge in [0.1, 0.15) is 11.4 Å². The predicted octanol–water partition coefficient (Wildman–Crippen LogP) is 2.46. The highest BCUT2D eigenvalue weighted by Crippen LogP contribution is 2.28. The number of nitrogens with one attached hydrogen (secondary N) is 2. The smallest absolute Gasteiger partial charge is 0.207 e. The van der Waals surface area contributed by atoms with E-state index < -0.39 is 0 Å². The molecule has 122 valence electrons. The molecule has 0 atom stereocenters. The zero-order valence-electron chi connectivity index (χ0n) is 13.8. The Morgan fingerprint density at radius 3 is 2.71 bits per heavy atom. The van der Waals surface area contributed by atoms with Gasteiger partial charge in [-0.25, -0.2) is 0 Å². The van der Waals surface area contributed by atoms with E-state index in [1.807, 2.05) is 49.0 Å². The fourth-order valence-corrected chi connectivity index (χ4v) is 2.64. The molecule has 0 spiro atoms. The van der Waals surface area contributed by atoms with Gasteiger partial charge < -0.3 is 15.4 Å². The molecular formula is C17H18N6O. The first-order chi connectivity index (χ1) is 11.7. The minimum Gasteiger partial charge on any atom is -0.497 e. The summed E-state index contributed by atoms with van der Waals surface area (Å²) in [5.74, 6) is 1.27. The van der Waals surface area contributed by atoms with Crippen LogP contribution in [0.5, 0.6) is 5.75 Å². The molecule has 0 aliphatic carbocycles. The van der Waals surface area contributed by atoms with Gasteiger partial charge in [0, 0.05) is 12.7 Å². The summed E-state index contributed by atoms with van der Waals surface area (Å²) in [5.41, 5.74) is 4.31. The van der Waals surface area contributed by atoms with Crippen LogP contribution in [0.1, 0.15) is 23.9 Å². The number of ether oxygens (including phenoxy) is 1. The van der Waals surface area contributed by atoms with E-state index >= 15 is 0 Å². The Bertz CT molecular complexity index is 854. The number of nitriles is 1. The Labute approximate surface area is 140 Å². The van der Waals surface area contributed by atoms with Crippen molar-refractivity contribution >= 4 is 17.2 Å². The molecule has 3 rings (SSSR count). The SMILES string of the molecule is CCn1nc(C)c2c1C(=NC#N)NC=C(c1ccc(OC)cc1)N2. The van der Waals surface area contributed by atoms with Crippen LogP contribution in [0.3, 0.4) is 0 Å². The topological polar surface area (TPSA) is 87.3 Å². The number of aromatic nitrogens is 2. The van der Waals surface area contributed by atoms with E-state index in [0.717, 1.165) is 34.1 Å². The molecule has 1 aromatic heterocycles. The van der Waals surface area contributed by atoms with E-state index in [9.17, 15) is 0 Å². The van der Waals surface area contributed by atoms with Gasteiger partial charge in [-0.05, 0) is 43.7 Å². The predicted molar refractivity (Wildman–Crippen MR) is 92.5 cm³/mol. The lowest BCUT2D eigenvalue weighted by Gasteiger charge is -2.10. The van der Waals surface area contributed by atoms with Gasteiger partial charge in [-0.15, -0.1) is 0 Å². The number of hydrogen-bond donors (Lipinski definition) is 2. The molecule has 0 saturated carbocycles. The number of anilines is 1. The van der Waals surface area contributed by atoms with Crippen LogP contribution in [0.2, 0.25) is 0 Å². The molecule has 2 aromatic rings. The summed E-state index contributed by atoms with van der Waals surface area (Å²) in [6, 6.07) is 7.72. The van der Waals surface area contributed by atoms with Crippen LogP contribution < -0.4 is 15.4 Å². The molecule has 0 unspecified atom stereocenters. The number of nitrogens with zero attached hydrogens (tertiary/aromatic N) is 4. The molecule has 7 nitrogen and oxygen atoms in total. The zero-order valence-corrected chi connectivity index (χ0v) is 13.8. The second-order valence-electron chi connectivity index (χ2n) is 5.24. The summed E-state index contributed by atoms with van der Waals surface area (Å²) in [6.45, 7) is 4.61. The summed E-state index contributed by atoms with van der Waals surface area (Å²) < 4.78 is 7.02. The fraction of sp³-hybridized carbons (Fsp3) is 0.235. The van der Waals surface area contributed by atoms with Crippen molar-refractivity contribution in [1.82, 2.24) is 15.1 Å². The van der Waals surface area contributed by atoms with Crippen LogP contribution >= 0.6 is 0 Å². The van der Waals surface area contributed by atoms with Crippen molar-refractivity contribution in [2.24, 2.45) is 4.99 Å². The summed E-state index contributed by atoms with van der Waals surface area (Å²) in [6.07, 6.45) is 3.65. The minimum atomic E-state index is 0.478. The maximum Gasteiger partial charge on any atom is 0.207 e. The first-order valence-electron chi connectivity index (χ1n) is 7.60. The van der Waals surface area contributed by atoms with E-state index in [-0.39, 0.29) is 0 Å². The Morgan fingerprint density at radius 2 is 2.08 bits per heavy atom. The van der Waals surface area contributed by atoms with Crippen LogP contribution in [0, 0.1) is 18.4 Å². The van der Waals surface area contributed by atoms with Crippen LogP contribution in [-0.2, 0) is 6.54 Å². The molecule has 0 amide bonds. The summed E-state index contributed by atoms with van der Waals surface area (Å²) in [7, 11) is 1.64. The average molecular weight is 322 g/mol. The Kier molecular flexibility index (Phi) is 4.20. The van der Waals surface area contributed by atoms with E-state index in [4.69, 9.17) is 10.00 Å². The van der Waals surface area contributed by atoms with Gasteiger partial charge in [-0.1, -0.05) is 0 Å². The highest BCUT2D eigenvalue weighted by molar-refractivity contribution is 6.06. The second kappa shape index (κ2) is 6.46. The van der Waals surface area contributed by atoms with Crippen LogP contribution in [0.15, 0.2) is 35.5 Å². The van der Waals surface area contributed by atoms with Gasteiger partial charge in [-0.3, -0.25) is 4.68 Å². The first kappa shape index (κ1) is 15.6. The van der Waals surface area contributed by atoms with E-state index in [1.165, 1.54) is 0 Å². The van der Waals surface area contributed by atoms with Gasteiger partial charge >= 0.3 is 0 Å². The molecule has 0 fully saturated rings. The summed E-state index contributed by atoms with van der Waals surface area (Å²) in [4.78, 5) is 3.91. The highest BCUT2D eigenvalue weighted by Gasteiger charge is 2.23. The lowest BCUT2D eigenvalue weighted by molar-refractivity contribution is 0.415. The molecule has 1 aliphatic rings. The maximum atomic E-state index is 8.98. The third-order valence-electron chi connectivity index (χ3n) is 3.83. The monoisotopic (exact) mass is 322 g/mol. The van der Waals surface area contributed by atoms with E-state index in [1.54, 1.807) is 13.3 Å². The second-order valence-corrected chi connectivity index (χ2v) is 5.24. The van der Waals surface area contributed by atoms with Crippen molar-refractivity contribution in [1.29, 1.82) is 5.26 Å². The van der Waals surface area contributed by atoms with Gasteiger partial charge in [0.15, 0.2) is 5.84 Å². The highest BCUT2D eigenvalue weighted by atomic mass is 16.5. The quantitative estimate of drug-likeness (QED) is 0.848. The van der Waals surface area contributed by atoms with Crippen molar-refractivity contribution in [3.05, 3.63) is 47.4 Å². The van der Waals surface area contributed by atoms with Crippen molar-refractivity contribution in [3.63, 3.8) is 0 Å². The van der Waals surface area contributed by atoms with Crippen molar-refractivity contribution in [3.8, 4) is 11.9 Å². The molecule has 1 aliphatic heterocycles. The summed E-state index contributed by atoms with van der Waals surface area (Å²) in [5, 5.41) is 20.0. The van der Waals surface area contributed by atoms with Crippen molar-refractivity contribution < 1.29 is 4.74 Å². The van der Waals surface area contributed by atoms with Crippen LogP contribution in [0.25, 0.3) is 5.70 Å². The Balaban J connectivity index is 2.08. The van der Waals surface area contributed by atoms with Crippen molar-refractivity contribution in [2.45, 2.75) is 20.4 Å². The average Bonchev–Trinajstić information content (AvgIpc) is 2.80. The molecule has 1 aromatic carbocycles. The van der Waals surface area contributed by atoms with E-state index in [2.05, 4.69) is 20.7 Å². The van der Waals surface area contributed by atoms with Gasteiger partial charge in [0.2, 0.25) is 6.19 Å². The molecule has 2 N–H and O–H groups in total. The first-order valence-corrected chi connectivity index (χ1v) is 7.60. The molecule has 24 heavy (non-hydrogen) atoms. The number of rotatable bonds is 3. The third kappa shape index (κ3) is 2.70. The molecule has 0 saturated heterocycles. The molecule has 0 bridgehead atoms. The number of hydrogen-bond acceptors (Lipinski definition) is 5. The fourth-order valence-electron chi connectivity index (χ4n) is 2.64. The molecule has 0 radical (unpaired) electrons. The largest absolute Gasteiger partial charge is 0.497 e. The number of fused-ring (bicyclic) bond motifs is 1. The normalized spacial score (nSPS) is 14.8. The Hall–Kier alpha value is -3.27. The molecule has 7 heteroatoms. The zero-order chi connectivity index (χ0) is 17.1. The molecular weight excluding hydrogens is 304 g/mol.